The minimum absolute atomic E-state index is 0.0844. The molecule has 30 heavy (non-hydrogen) atoms. The van der Waals surface area contributed by atoms with Gasteiger partial charge in [0.2, 0.25) is 5.91 Å². The zero-order valence-electron chi connectivity index (χ0n) is 18.7. The molecule has 0 unspecified atom stereocenters. The Kier molecular flexibility index (Phi) is 6.54. The summed E-state index contributed by atoms with van der Waals surface area (Å²) in [6.45, 7) is 10.1. The van der Waals surface area contributed by atoms with E-state index in [4.69, 9.17) is 5.73 Å². The molecule has 3 N–H and O–H groups in total. The summed E-state index contributed by atoms with van der Waals surface area (Å²) in [5, 5.41) is 3.36. The standard InChI is InChI=1S/C24H33FN4O/c1-15-17(3)24(18(4)16(2)23(15)26)27-14-22(30)28(5)20-10-12-29(13-11-20)21-8-6-19(25)7-9-21/h6-9,20,27H,10-14,26H2,1-5H3. The summed E-state index contributed by atoms with van der Waals surface area (Å²) in [4.78, 5) is 17.0. The van der Waals surface area contributed by atoms with Gasteiger partial charge in [0.25, 0.3) is 0 Å². The predicted octanol–water partition coefficient (Wildman–Crippen LogP) is 4.18. The Balaban J connectivity index is 1.58. The van der Waals surface area contributed by atoms with Crippen LogP contribution in [0.3, 0.4) is 0 Å². The third kappa shape index (κ3) is 4.37. The van der Waals surface area contributed by atoms with Gasteiger partial charge in [-0.3, -0.25) is 4.79 Å². The van der Waals surface area contributed by atoms with Crippen molar-refractivity contribution >= 4 is 23.0 Å². The molecule has 0 radical (unpaired) electrons. The number of carbonyl (C=O) groups is 1. The molecule has 1 aliphatic heterocycles. The van der Waals surface area contributed by atoms with E-state index in [0.29, 0.717) is 0 Å². The number of halogens is 1. The Morgan fingerprint density at radius 1 is 1.07 bits per heavy atom. The third-order valence-corrected chi connectivity index (χ3v) is 6.70. The lowest BCUT2D eigenvalue weighted by molar-refractivity contribution is -0.130. The van der Waals surface area contributed by atoms with Crippen LogP contribution in [0.4, 0.5) is 21.5 Å². The first-order valence-corrected chi connectivity index (χ1v) is 10.6. The number of carbonyl (C=O) groups excluding carboxylic acids is 1. The summed E-state index contributed by atoms with van der Waals surface area (Å²) in [5.41, 5.74) is 13.4. The summed E-state index contributed by atoms with van der Waals surface area (Å²) < 4.78 is 13.1. The van der Waals surface area contributed by atoms with Gasteiger partial charge in [-0.15, -0.1) is 0 Å². The molecular formula is C24H33FN4O. The van der Waals surface area contributed by atoms with Crippen molar-refractivity contribution in [2.45, 2.75) is 46.6 Å². The second-order valence-electron chi connectivity index (χ2n) is 8.34. The number of nitrogens with one attached hydrogen (secondary N) is 1. The average molecular weight is 413 g/mol. The van der Waals surface area contributed by atoms with Crippen LogP contribution >= 0.6 is 0 Å². The summed E-state index contributed by atoms with van der Waals surface area (Å²) in [6.07, 6.45) is 1.80. The van der Waals surface area contributed by atoms with Gasteiger partial charge in [-0.25, -0.2) is 4.39 Å². The van der Waals surface area contributed by atoms with Gasteiger partial charge < -0.3 is 20.9 Å². The van der Waals surface area contributed by atoms with Crippen LogP contribution in [0.25, 0.3) is 0 Å². The van der Waals surface area contributed by atoms with Gasteiger partial charge in [0, 0.05) is 43.2 Å². The van der Waals surface area contributed by atoms with E-state index in [2.05, 4.69) is 10.2 Å². The Bertz CT molecular complexity index is 889. The van der Waals surface area contributed by atoms with E-state index in [1.807, 2.05) is 51.8 Å². The molecule has 0 aliphatic carbocycles. The van der Waals surface area contributed by atoms with Gasteiger partial charge in [-0.1, -0.05) is 0 Å². The van der Waals surface area contributed by atoms with E-state index in [1.54, 1.807) is 0 Å². The van der Waals surface area contributed by atoms with E-state index in [1.165, 1.54) is 12.1 Å². The quantitative estimate of drug-likeness (QED) is 0.723. The molecule has 1 saturated heterocycles. The highest BCUT2D eigenvalue weighted by atomic mass is 19.1. The van der Waals surface area contributed by atoms with E-state index < -0.39 is 0 Å². The number of hydrogen-bond donors (Lipinski definition) is 2. The van der Waals surface area contributed by atoms with Crippen LogP contribution in [-0.4, -0.2) is 43.5 Å². The minimum Gasteiger partial charge on any atom is -0.398 e. The van der Waals surface area contributed by atoms with Gasteiger partial charge >= 0.3 is 0 Å². The predicted molar refractivity (Wildman–Crippen MR) is 123 cm³/mol. The Morgan fingerprint density at radius 3 is 2.13 bits per heavy atom. The second-order valence-corrected chi connectivity index (χ2v) is 8.34. The number of nitrogen functional groups attached to an aromatic ring is 1. The summed E-state index contributed by atoms with van der Waals surface area (Å²) in [5.74, 6) is -0.135. The second kappa shape index (κ2) is 8.94. The highest BCUT2D eigenvalue weighted by Crippen LogP contribution is 2.32. The molecule has 5 nitrogen and oxygen atoms in total. The molecule has 2 aromatic carbocycles. The molecule has 2 aromatic rings. The molecule has 0 aromatic heterocycles. The van der Waals surface area contributed by atoms with Crippen molar-refractivity contribution in [3.63, 3.8) is 0 Å². The number of nitrogens with zero attached hydrogens (tertiary/aromatic N) is 2. The lowest BCUT2D eigenvalue weighted by Gasteiger charge is -2.38. The van der Waals surface area contributed by atoms with Crippen LogP contribution in [-0.2, 0) is 4.79 Å². The SMILES string of the molecule is Cc1c(C)c(NCC(=O)N(C)C2CCN(c3ccc(F)cc3)CC2)c(C)c(C)c1N. The van der Waals surface area contributed by atoms with Crippen molar-refractivity contribution < 1.29 is 9.18 Å². The first kappa shape index (κ1) is 21.9. The number of hydrogen-bond acceptors (Lipinski definition) is 4. The van der Waals surface area contributed by atoms with Crippen molar-refractivity contribution in [3.8, 4) is 0 Å². The zero-order chi connectivity index (χ0) is 22.0. The first-order chi connectivity index (χ1) is 14.2. The molecule has 1 aliphatic rings. The maximum absolute atomic E-state index is 13.1. The fourth-order valence-electron chi connectivity index (χ4n) is 4.26. The van der Waals surface area contributed by atoms with Crippen LogP contribution < -0.4 is 16.0 Å². The van der Waals surface area contributed by atoms with Gasteiger partial charge in [0.15, 0.2) is 0 Å². The van der Waals surface area contributed by atoms with Crippen molar-refractivity contribution in [1.29, 1.82) is 0 Å². The van der Waals surface area contributed by atoms with Gasteiger partial charge in [-0.05, 0) is 87.1 Å². The highest BCUT2D eigenvalue weighted by Gasteiger charge is 2.25. The molecule has 3 rings (SSSR count). The van der Waals surface area contributed by atoms with E-state index in [9.17, 15) is 9.18 Å². The fourth-order valence-corrected chi connectivity index (χ4v) is 4.26. The van der Waals surface area contributed by atoms with Crippen molar-refractivity contribution in [2.75, 3.05) is 42.6 Å². The van der Waals surface area contributed by atoms with E-state index in [0.717, 1.165) is 65.2 Å². The molecule has 0 atom stereocenters. The summed E-state index contributed by atoms with van der Waals surface area (Å²) in [6, 6.07) is 6.83. The fraction of sp³-hybridized carbons (Fsp3) is 0.458. The normalized spacial score (nSPS) is 14.7. The molecule has 1 heterocycles. The first-order valence-electron chi connectivity index (χ1n) is 10.6. The summed E-state index contributed by atoms with van der Waals surface area (Å²) in [7, 11) is 1.89. The number of amides is 1. The van der Waals surface area contributed by atoms with E-state index >= 15 is 0 Å². The van der Waals surface area contributed by atoms with Crippen molar-refractivity contribution in [3.05, 3.63) is 52.3 Å². The largest absolute Gasteiger partial charge is 0.398 e. The topological polar surface area (TPSA) is 61.6 Å². The van der Waals surface area contributed by atoms with Crippen molar-refractivity contribution in [2.24, 2.45) is 0 Å². The van der Waals surface area contributed by atoms with Gasteiger partial charge in [-0.2, -0.15) is 0 Å². The number of likely N-dealkylation sites (N-methyl/N-ethyl adjacent to an activating group) is 1. The van der Waals surface area contributed by atoms with E-state index in [-0.39, 0.29) is 24.3 Å². The number of rotatable bonds is 5. The molecule has 162 valence electrons. The highest BCUT2D eigenvalue weighted by molar-refractivity contribution is 5.82. The van der Waals surface area contributed by atoms with Crippen LogP contribution in [0.2, 0.25) is 0 Å². The molecule has 1 fully saturated rings. The van der Waals surface area contributed by atoms with Gasteiger partial charge in [0.05, 0.1) is 6.54 Å². The molecule has 6 heteroatoms. The van der Waals surface area contributed by atoms with Gasteiger partial charge in [0.1, 0.15) is 5.82 Å². The average Bonchev–Trinajstić information content (AvgIpc) is 2.76. The number of nitrogens with two attached hydrogens (primary N) is 1. The number of benzene rings is 2. The Labute approximate surface area is 179 Å². The monoisotopic (exact) mass is 412 g/mol. The molecule has 1 amide bonds. The smallest absolute Gasteiger partial charge is 0.241 e. The maximum atomic E-state index is 13.1. The molecule has 0 spiro atoms. The Morgan fingerprint density at radius 2 is 1.60 bits per heavy atom. The summed E-state index contributed by atoms with van der Waals surface area (Å²) >= 11 is 0. The third-order valence-electron chi connectivity index (χ3n) is 6.70. The van der Waals surface area contributed by atoms with Crippen LogP contribution in [0.1, 0.15) is 35.1 Å². The van der Waals surface area contributed by atoms with Crippen molar-refractivity contribution in [1.82, 2.24) is 4.90 Å². The molecular weight excluding hydrogens is 379 g/mol. The van der Waals surface area contributed by atoms with Crippen LogP contribution in [0.5, 0.6) is 0 Å². The molecule has 0 bridgehead atoms. The Hall–Kier alpha value is -2.76. The van der Waals surface area contributed by atoms with Crippen LogP contribution in [0.15, 0.2) is 24.3 Å². The number of anilines is 3. The maximum Gasteiger partial charge on any atom is 0.241 e. The lowest BCUT2D eigenvalue weighted by atomic mass is 9.96. The number of piperidine rings is 1. The lowest BCUT2D eigenvalue weighted by Crippen LogP contribution is -2.47. The zero-order valence-corrected chi connectivity index (χ0v) is 18.7. The minimum atomic E-state index is -0.219. The van der Waals surface area contributed by atoms with Crippen LogP contribution in [0, 0.1) is 33.5 Å². The molecule has 0 saturated carbocycles.